The van der Waals surface area contributed by atoms with Gasteiger partial charge in [-0.25, -0.2) is 8.42 Å². The third-order valence-electron chi connectivity index (χ3n) is 0.549. The molecule has 0 aliphatic carbocycles. The van der Waals surface area contributed by atoms with E-state index in [2.05, 4.69) is 9.50 Å². The first kappa shape index (κ1) is 7.87. The average molecular weight is 139 g/mol. The van der Waals surface area contributed by atoms with Crippen molar-refractivity contribution >= 4 is 11.0 Å². The molecule has 0 amide bonds. The van der Waals surface area contributed by atoms with Crippen molar-refractivity contribution in [1.29, 1.82) is 0 Å². The lowest BCUT2D eigenvalue weighted by molar-refractivity contribution is 0.333. The normalized spacial score (nSPS) is 10.2. The first-order valence-corrected chi connectivity index (χ1v) is 3.29. The SMILES string of the molecule is CNCCO[SH](=O)=O. The van der Waals surface area contributed by atoms with Gasteiger partial charge in [0.05, 0.1) is 6.61 Å². The molecule has 0 radical (unpaired) electrons. The summed E-state index contributed by atoms with van der Waals surface area (Å²) in [7, 11) is -0.929. The van der Waals surface area contributed by atoms with Gasteiger partial charge in [-0.3, -0.25) is 4.18 Å². The summed E-state index contributed by atoms with van der Waals surface area (Å²) in [5.41, 5.74) is 0. The minimum Gasteiger partial charge on any atom is -0.317 e. The van der Waals surface area contributed by atoms with Crippen LogP contribution in [0, 0.1) is 0 Å². The van der Waals surface area contributed by atoms with Crippen molar-refractivity contribution in [3.05, 3.63) is 0 Å². The van der Waals surface area contributed by atoms with E-state index in [-0.39, 0.29) is 6.61 Å². The molecular weight excluding hydrogens is 130 g/mol. The van der Waals surface area contributed by atoms with E-state index in [0.29, 0.717) is 6.54 Å². The molecule has 0 aliphatic heterocycles. The maximum absolute atomic E-state index is 9.66. The lowest BCUT2D eigenvalue weighted by atomic mass is 10.7. The van der Waals surface area contributed by atoms with Gasteiger partial charge in [-0.2, -0.15) is 0 Å². The Hall–Kier alpha value is -0.130. The van der Waals surface area contributed by atoms with Gasteiger partial charge in [0, 0.05) is 6.54 Å². The van der Waals surface area contributed by atoms with Crippen LogP contribution < -0.4 is 5.32 Å². The molecule has 0 aliphatic rings. The summed E-state index contributed by atoms with van der Waals surface area (Å²) >= 11 is 0. The maximum Gasteiger partial charge on any atom is 0.257 e. The fourth-order valence-corrected chi connectivity index (χ4v) is 0.463. The molecule has 4 nitrogen and oxygen atoms in total. The third kappa shape index (κ3) is 5.87. The fraction of sp³-hybridized carbons (Fsp3) is 1.00. The first-order chi connectivity index (χ1) is 3.77. The molecule has 0 bridgehead atoms. The molecule has 50 valence electrons. The van der Waals surface area contributed by atoms with Crippen molar-refractivity contribution < 1.29 is 12.6 Å². The van der Waals surface area contributed by atoms with Crippen molar-refractivity contribution in [2.75, 3.05) is 20.2 Å². The van der Waals surface area contributed by atoms with Crippen molar-refractivity contribution in [1.82, 2.24) is 5.32 Å². The summed E-state index contributed by atoms with van der Waals surface area (Å²) in [6, 6.07) is 0. The van der Waals surface area contributed by atoms with E-state index in [1.165, 1.54) is 0 Å². The quantitative estimate of drug-likeness (QED) is 0.377. The van der Waals surface area contributed by atoms with Gasteiger partial charge in [-0.05, 0) is 7.05 Å². The summed E-state index contributed by atoms with van der Waals surface area (Å²) in [5.74, 6) is 0. The van der Waals surface area contributed by atoms with Crippen LogP contribution in [0.15, 0.2) is 0 Å². The van der Waals surface area contributed by atoms with Crippen LogP contribution in [0.2, 0.25) is 0 Å². The topological polar surface area (TPSA) is 55.4 Å². The van der Waals surface area contributed by atoms with E-state index in [0.717, 1.165) is 0 Å². The van der Waals surface area contributed by atoms with E-state index >= 15 is 0 Å². The number of nitrogens with one attached hydrogen (secondary N) is 1. The molecule has 0 aromatic rings. The zero-order valence-electron chi connectivity index (χ0n) is 4.59. The Morgan fingerprint density at radius 2 is 2.25 bits per heavy atom. The van der Waals surface area contributed by atoms with Gasteiger partial charge in [0.1, 0.15) is 0 Å². The van der Waals surface area contributed by atoms with Gasteiger partial charge in [0.25, 0.3) is 11.0 Å². The molecule has 1 N–H and O–H groups in total. The van der Waals surface area contributed by atoms with E-state index in [4.69, 9.17) is 0 Å². The smallest absolute Gasteiger partial charge is 0.257 e. The van der Waals surface area contributed by atoms with E-state index in [1.54, 1.807) is 7.05 Å². The van der Waals surface area contributed by atoms with Crippen LogP contribution in [0.4, 0.5) is 0 Å². The number of hydrogen-bond acceptors (Lipinski definition) is 4. The Kier molecular flexibility index (Phi) is 4.93. The summed E-state index contributed by atoms with van der Waals surface area (Å²) in [6.45, 7) is 0.776. The molecule has 5 heteroatoms. The molecular formula is C3H9NO3S. The van der Waals surface area contributed by atoms with Crippen LogP contribution in [-0.2, 0) is 15.2 Å². The lowest BCUT2D eigenvalue weighted by Gasteiger charge is -1.91. The molecule has 0 aromatic carbocycles. The van der Waals surface area contributed by atoms with E-state index in [9.17, 15) is 8.42 Å². The molecule has 0 spiro atoms. The van der Waals surface area contributed by atoms with Crippen molar-refractivity contribution in [2.45, 2.75) is 0 Å². The predicted octanol–water partition coefficient (Wildman–Crippen LogP) is -1.25. The standard InChI is InChI=1S/C3H9NO3S/c1-4-2-3-7-8(5)6/h4,8H,2-3H2,1H3. The van der Waals surface area contributed by atoms with Gasteiger partial charge in [-0.15, -0.1) is 0 Å². The molecule has 0 heterocycles. The Morgan fingerprint density at radius 3 is 2.62 bits per heavy atom. The minimum absolute atomic E-state index is 0.217. The minimum atomic E-state index is -2.65. The highest BCUT2D eigenvalue weighted by Gasteiger charge is 1.82. The first-order valence-electron chi connectivity index (χ1n) is 2.19. The molecule has 0 saturated heterocycles. The lowest BCUT2D eigenvalue weighted by Crippen LogP contribution is -2.13. The zero-order valence-corrected chi connectivity index (χ0v) is 5.48. The van der Waals surface area contributed by atoms with Crippen LogP contribution in [0.3, 0.4) is 0 Å². The number of likely N-dealkylation sites (N-methyl/N-ethyl adjacent to an activating group) is 1. The number of hydrogen-bond donors (Lipinski definition) is 2. The summed E-state index contributed by atoms with van der Waals surface area (Å²) in [4.78, 5) is 0. The van der Waals surface area contributed by atoms with Crippen LogP contribution >= 0.6 is 0 Å². The number of thiol groups is 1. The Balaban J connectivity index is 2.94. The Bertz CT molecular complexity index is 103. The Labute approximate surface area is 50.0 Å². The summed E-state index contributed by atoms with van der Waals surface area (Å²) < 4.78 is 23.5. The number of rotatable bonds is 4. The average Bonchev–Trinajstić information content (AvgIpc) is 1.66. The molecule has 0 saturated carbocycles. The van der Waals surface area contributed by atoms with Gasteiger partial charge in [0.15, 0.2) is 0 Å². The van der Waals surface area contributed by atoms with Gasteiger partial charge in [-0.1, -0.05) is 0 Å². The van der Waals surface area contributed by atoms with Gasteiger partial charge in [0.2, 0.25) is 0 Å². The molecule has 0 unspecified atom stereocenters. The second-order valence-corrected chi connectivity index (χ2v) is 1.87. The van der Waals surface area contributed by atoms with Gasteiger partial charge >= 0.3 is 0 Å². The molecule has 0 atom stereocenters. The highest BCUT2D eigenvalue weighted by Crippen LogP contribution is 1.67. The monoisotopic (exact) mass is 139 g/mol. The summed E-state index contributed by atoms with van der Waals surface area (Å²) in [5, 5.41) is 2.73. The maximum atomic E-state index is 9.66. The van der Waals surface area contributed by atoms with Crippen molar-refractivity contribution in [2.24, 2.45) is 0 Å². The van der Waals surface area contributed by atoms with E-state index < -0.39 is 11.0 Å². The largest absolute Gasteiger partial charge is 0.317 e. The summed E-state index contributed by atoms with van der Waals surface area (Å²) in [6.07, 6.45) is 0. The highest BCUT2D eigenvalue weighted by molar-refractivity contribution is 7.67. The highest BCUT2D eigenvalue weighted by atomic mass is 32.2. The fourth-order valence-electron chi connectivity index (χ4n) is 0.222. The van der Waals surface area contributed by atoms with Crippen LogP contribution in [0.25, 0.3) is 0 Å². The molecule has 0 fully saturated rings. The van der Waals surface area contributed by atoms with Crippen LogP contribution in [0.5, 0.6) is 0 Å². The Morgan fingerprint density at radius 1 is 1.62 bits per heavy atom. The van der Waals surface area contributed by atoms with Crippen LogP contribution in [-0.4, -0.2) is 28.6 Å². The van der Waals surface area contributed by atoms with Crippen molar-refractivity contribution in [3.8, 4) is 0 Å². The molecule has 8 heavy (non-hydrogen) atoms. The zero-order chi connectivity index (χ0) is 6.41. The second-order valence-electron chi connectivity index (χ2n) is 1.16. The second kappa shape index (κ2) is 5.02. The van der Waals surface area contributed by atoms with Crippen molar-refractivity contribution in [3.63, 3.8) is 0 Å². The molecule has 0 aromatic heterocycles. The third-order valence-corrected chi connectivity index (χ3v) is 0.942. The molecule has 0 rings (SSSR count). The van der Waals surface area contributed by atoms with Crippen LogP contribution in [0.1, 0.15) is 0 Å². The van der Waals surface area contributed by atoms with E-state index in [1.807, 2.05) is 0 Å². The predicted molar refractivity (Wildman–Crippen MR) is 30.2 cm³/mol. The van der Waals surface area contributed by atoms with Gasteiger partial charge < -0.3 is 5.32 Å².